The highest BCUT2D eigenvalue weighted by molar-refractivity contribution is 5.60. The van der Waals surface area contributed by atoms with Gasteiger partial charge in [-0.2, -0.15) is 0 Å². The van der Waals surface area contributed by atoms with Crippen molar-refractivity contribution in [2.24, 2.45) is 0 Å². The summed E-state index contributed by atoms with van der Waals surface area (Å²) in [6.45, 7) is 4.65. The fourth-order valence-electron chi connectivity index (χ4n) is 1.81. The minimum absolute atomic E-state index is 0.314. The van der Waals surface area contributed by atoms with E-state index in [2.05, 4.69) is 20.6 Å². The van der Waals surface area contributed by atoms with Crippen LogP contribution < -0.4 is 10.6 Å². The zero-order valence-electron chi connectivity index (χ0n) is 12.4. The monoisotopic (exact) mass is 290 g/mol. The summed E-state index contributed by atoms with van der Waals surface area (Å²) in [5.41, 5.74) is 1.25. The number of aryl methyl sites for hydroxylation is 1. The van der Waals surface area contributed by atoms with E-state index in [9.17, 15) is 4.39 Å². The van der Waals surface area contributed by atoms with Crippen molar-refractivity contribution in [3.63, 3.8) is 0 Å². The molecule has 0 aliphatic carbocycles. The number of nitrogens with one attached hydrogen (secondary N) is 2. The molecule has 21 heavy (non-hydrogen) atoms. The van der Waals surface area contributed by atoms with Gasteiger partial charge in [0.1, 0.15) is 24.1 Å². The first-order valence-corrected chi connectivity index (χ1v) is 6.79. The first-order chi connectivity index (χ1) is 10.1. The van der Waals surface area contributed by atoms with Crippen molar-refractivity contribution in [1.82, 2.24) is 9.97 Å². The maximum absolute atomic E-state index is 13.9. The van der Waals surface area contributed by atoms with Gasteiger partial charge in [0, 0.05) is 19.7 Å². The van der Waals surface area contributed by atoms with E-state index in [1.807, 2.05) is 19.9 Å². The van der Waals surface area contributed by atoms with Crippen molar-refractivity contribution in [1.29, 1.82) is 0 Å². The molecule has 2 N–H and O–H groups in total. The molecule has 0 spiro atoms. The summed E-state index contributed by atoms with van der Waals surface area (Å²) in [4.78, 5) is 8.61. The zero-order chi connectivity index (χ0) is 15.2. The summed E-state index contributed by atoms with van der Waals surface area (Å²) in [6, 6.07) is 6.72. The molecule has 0 radical (unpaired) electrons. The molecule has 0 saturated heterocycles. The second-order valence-corrected chi connectivity index (χ2v) is 4.55. The van der Waals surface area contributed by atoms with E-state index in [1.54, 1.807) is 19.2 Å². The third kappa shape index (κ3) is 4.13. The quantitative estimate of drug-likeness (QED) is 0.855. The maximum Gasteiger partial charge on any atom is 0.158 e. The number of ether oxygens (including phenoxy) is 1. The Balaban J connectivity index is 2.25. The van der Waals surface area contributed by atoms with Gasteiger partial charge in [-0.25, -0.2) is 14.4 Å². The second kappa shape index (κ2) is 6.99. The largest absolute Gasteiger partial charge is 0.374 e. The number of rotatable bonds is 6. The Kier molecular flexibility index (Phi) is 5.05. The van der Waals surface area contributed by atoms with Crippen LogP contribution in [0, 0.1) is 12.7 Å². The molecule has 0 aliphatic rings. The van der Waals surface area contributed by atoms with Crippen LogP contribution >= 0.6 is 0 Å². The van der Waals surface area contributed by atoms with Gasteiger partial charge in [0.2, 0.25) is 0 Å². The van der Waals surface area contributed by atoms with Gasteiger partial charge in [-0.05, 0) is 31.5 Å². The fourth-order valence-corrected chi connectivity index (χ4v) is 1.81. The molecule has 2 aromatic rings. The number of hydrogen-bond donors (Lipinski definition) is 2. The Hall–Kier alpha value is -2.21. The Bertz CT molecular complexity index is 619. The maximum atomic E-state index is 13.9. The molecule has 5 nitrogen and oxygen atoms in total. The number of aromatic nitrogens is 2. The molecule has 0 aliphatic heterocycles. The summed E-state index contributed by atoms with van der Waals surface area (Å²) >= 11 is 0. The minimum Gasteiger partial charge on any atom is -0.374 e. The van der Waals surface area contributed by atoms with Crippen molar-refractivity contribution in [3.05, 3.63) is 41.5 Å². The smallest absolute Gasteiger partial charge is 0.158 e. The van der Waals surface area contributed by atoms with E-state index in [0.717, 1.165) is 5.56 Å². The number of hydrogen-bond acceptors (Lipinski definition) is 5. The van der Waals surface area contributed by atoms with Crippen LogP contribution in [0.1, 0.15) is 18.3 Å². The first-order valence-electron chi connectivity index (χ1n) is 6.79. The second-order valence-electron chi connectivity index (χ2n) is 4.55. The summed E-state index contributed by atoms with van der Waals surface area (Å²) in [5, 5.41) is 5.92. The average Bonchev–Trinajstić information content (AvgIpc) is 2.48. The fraction of sp³-hybridized carbons (Fsp3) is 0.333. The first kappa shape index (κ1) is 15.2. The van der Waals surface area contributed by atoms with Crippen molar-refractivity contribution < 1.29 is 9.13 Å². The molecule has 1 aromatic heterocycles. The highest BCUT2D eigenvalue weighted by atomic mass is 19.1. The molecule has 112 valence electrons. The lowest BCUT2D eigenvalue weighted by molar-refractivity contribution is 0.128. The van der Waals surface area contributed by atoms with E-state index in [0.29, 0.717) is 36.4 Å². The molecule has 2 rings (SSSR count). The highest BCUT2D eigenvalue weighted by Crippen LogP contribution is 2.21. The van der Waals surface area contributed by atoms with Crippen LogP contribution in [0.2, 0.25) is 0 Å². The van der Waals surface area contributed by atoms with Crippen molar-refractivity contribution in [2.75, 3.05) is 24.3 Å². The van der Waals surface area contributed by atoms with Crippen molar-refractivity contribution >= 4 is 17.3 Å². The molecule has 0 atom stereocenters. The third-order valence-corrected chi connectivity index (χ3v) is 2.85. The Morgan fingerprint density at radius 1 is 1.19 bits per heavy atom. The van der Waals surface area contributed by atoms with Crippen molar-refractivity contribution in [2.45, 2.75) is 20.5 Å². The average molecular weight is 290 g/mol. The van der Waals surface area contributed by atoms with E-state index in [-0.39, 0.29) is 5.82 Å². The molecule has 0 fully saturated rings. The molecule has 1 aromatic carbocycles. The predicted octanol–water partition coefficient (Wildman–Crippen LogP) is 3.25. The zero-order valence-corrected chi connectivity index (χ0v) is 12.4. The van der Waals surface area contributed by atoms with Crippen LogP contribution in [-0.2, 0) is 11.3 Å². The molecule has 1 heterocycles. The lowest BCUT2D eigenvalue weighted by Crippen LogP contribution is -2.06. The SMILES string of the molecule is CCOCc1nc(NC)cc(Nc2ccc(C)cc2F)n1. The summed E-state index contributed by atoms with van der Waals surface area (Å²) in [7, 11) is 1.77. The van der Waals surface area contributed by atoms with Gasteiger partial charge in [0.05, 0.1) is 5.69 Å². The Morgan fingerprint density at radius 2 is 1.95 bits per heavy atom. The normalized spacial score (nSPS) is 10.5. The molecular formula is C15H19FN4O. The summed E-state index contributed by atoms with van der Waals surface area (Å²) in [6.07, 6.45) is 0. The van der Waals surface area contributed by atoms with Crippen LogP contribution in [0.5, 0.6) is 0 Å². The minimum atomic E-state index is -0.314. The van der Waals surface area contributed by atoms with Crippen LogP contribution in [0.4, 0.5) is 21.7 Å². The topological polar surface area (TPSA) is 59.1 Å². The molecule has 6 heteroatoms. The van der Waals surface area contributed by atoms with Gasteiger partial charge in [0.25, 0.3) is 0 Å². The summed E-state index contributed by atoms with van der Waals surface area (Å²) in [5.74, 6) is 1.39. The van der Waals surface area contributed by atoms with Crippen LogP contribution in [-0.4, -0.2) is 23.6 Å². The number of halogens is 1. The number of anilines is 3. The standard InChI is InChI=1S/C15H19FN4O/c1-4-21-9-15-19-13(17-3)8-14(20-15)18-12-6-5-10(2)7-11(12)16/h5-8H,4,9H2,1-3H3,(H2,17,18,19,20). The van der Waals surface area contributed by atoms with Gasteiger partial charge in [-0.3, -0.25) is 0 Å². The predicted molar refractivity (Wildman–Crippen MR) is 81.3 cm³/mol. The van der Waals surface area contributed by atoms with Gasteiger partial charge in [-0.15, -0.1) is 0 Å². The number of benzene rings is 1. The third-order valence-electron chi connectivity index (χ3n) is 2.85. The Morgan fingerprint density at radius 3 is 2.62 bits per heavy atom. The van der Waals surface area contributed by atoms with E-state index < -0.39 is 0 Å². The lowest BCUT2D eigenvalue weighted by atomic mass is 10.2. The molecule has 0 bridgehead atoms. The van der Waals surface area contributed by atoms with Gasteiger partial charge >= 0.3 is 0 Å². The molecule has 0 amide bonds. The Labute approximate surface area is 123 Å². The highest BCUT2D eigenvalue weighted by Gasteiger charge is 2.07. The van der Waals surface area contributed by atoms with Crippen molar-refractivity contribution in [3.8, 4) is 0 Å². The van der Waals surface area contributed by atoms with Gasteiger partial charge < -0.3 is 15.4 Å². The summed E-state index contributed by atoms with van der Waals surface area (Å²) < 4.78 is 19.2. The molecular weight excluding hydrogens is 271 g/mol. The van der Waals surface area contributed by atoms with E-state index in [4.69, 9.17) is 4.74 Å². The molecule has 0 saturated carbocycles. The van der Waals surface area contributed by atoms with Crippen LogP contribution in [0.3, 0.4) is 0 Å². The van der Waals surface area contributed by atoms with Gasteiger partial charge in [0.15, 0.2) is 5.82 Å². The van der Waals surface area contributed by atoms with E-state index in [1.165, 1.54) is 6.07 Å². The van der Waals surface area contributed by atoms with E-state index >= 15 is 0 Å². The van der Waals surface area contributed by atoms with Crippen LogP contribution in [0.25, 0.3) is 0 Å². The molecule has 0 unspecified atom stereocenters. The van der Waals surface area contributed by atoms with Crippen LogP contribution in [0.15, 0.2) is 24.3 Å². The number of nitrogens with zero attached hydrogens (tertiary/aromatic N) is 2. The van der Waals surface area contributed by atoms with Gasteiger partial charge in [-0.1, -0.05) is 6.07 Å². The lowest BCUT2D eigenvalue weighted by Gasteiger charge is -2.11.